The van der Waals surface area contributed by atoms with Crippen molar-refractivity contribution in [3.05, 3.63) is 0 Å². The van der Waals surface area contributed by atoms with E-state index in [4.69, 9.17) is 23.7 Å². The van der Waals surface area contributed by atoms with Crippen LogP contribution in [-0.4, -0.2) is 110 Å². The monoisotopic (exact) mass is 897 g/mol. The molecule has 0 saturated heterocycles. The van der Waals surface area contributed by atoms with Crippen LogP contribution in [0.4, 0.5) is 0 Å². The van der Waals surface area contributed by atoms with Gasteiger partial charge in [-0.15, -0.1) is 0 Å². The Morgan fingerprint density at radius 2 is 0.730 bits per heavy atom. The quantitative estimate of drug-likeness (QED) is 0.0325. The van der Waals surface area contributed by atoms with Gasteiger partial charge in [-0.2, -0.15) is 0 Å². The summed E-state index contributed by atoms with van der Waals surface area (Å²) in [6, 6.07) is -0.886. The zero-order valence-corrected chi connectivity index (χ0v) is 41.3. The largest absolute Gasteiger partial charge is 0.463 e. The van der Waals surface area contributed by atoms with Crippen LogP contribution in [0, 0.1) is 0 Å². The number of nitrogens with zero attached hydrogens (tertiary/aromatic N) is 2. The summed E-state index contributed by atoms with van der Waals surface area (Å²) in [6.45, 7) is 12.9. The van der Waals surface area contributed by atoms with E-state index >= 15 is 0 Å². The highest BCUT2D eigenvalue weighted by molar-refractivity contribution is 5.82. The number of unbranched alkanes of at least 4 members (excludes halogenated alkanes) is 9. The minimum absolute atomic E-state index is 0.121. The third-order valence-corrected chi connectivity index (χ3v) is 11.1. The highest BCUT2D eigenvalue weighted by Crippen LogP contribution is 2.18. The van der Waals surface area contributed by atoms with Crippen LogP contribution >= 0.6 is 0 Å². The normalized spacial score (nSPS) is 13.2. The molecule has 0 aliphatic heterocycles. The molecule has 0 rings (SSSR count). The fourth-order valence-electron chi connectivity index (χ4n) is 7.46. The third-order valence-electron chi connectivity index (χ3n) is 11.1. The first-order valence-corrected chi connectivity index (χ1v) is 25.2. The Labute approximate surface area is 383 Å². The van der Waals surface area contributed by atoms with Crippen LogP contribution in [-0.2, 0) is 52.5 Å². The lowest BCUT2D eigenvalue weighted by atomic mass is 10.1. The Bertz CT molecular complexity index is 1160. The predicted molar refractivity (Wildman–Crippen MR) is 249 cm³/mol. The van der Waals surface area contributed by atoms with E-state index in [0.717, 1.165) is 135 Å². The number of carbonyl (C=O) groups is 6. The second kappa shape index (κ2) is 40.3. The number of hydrogen-bond donors (Lipinski definition) is 0. The Kier molecular flexibility index (Phi) is 38.2. The molecule has 0 aromatic carbocycles. The summed E-state index contributed by atoms with van der Waals surface area (Å²) in [5.41, 5.74) is 0. The second-order valence-electron chi connectivity index (χ2n) is 17.5. The molecule has 0 spiro atoms. The van der Waals surface area contributed by atoms with Crippen LogP contribution < -0.4 is 0 Å². The minimum atomic E-state index is -0.886. The molecule has 1 amide bonds. The Balaban J connectivity index is 5.91. The van der Waals surface area contributed by atoms with Gasteiger partial charge in [0.05, 0.1) is 38.1 Å². The van der Waals surface area contributed by atoms with Gasteiger partial charge in [-0.05, 0) is 84.8 Å². The van der Waals surface area contributed by atoms with E-state index in [-0.39, 0.29) is 82.5 Å². The lowest BCUT2D eigenvalue weighted by molar-refractivity contribution is -0.159. The van der Waals surface area contributed by atoms with Crippen LogP contribution in [0.5, 0.6) is 0 Å². The molecule has 3 atom stereocenters. The topological polar surface area (TPSA) is 155 Å². The molecule has 0 aliphatic rings. The van der Waals surface area contributed by atoms with Gasteiger partial charge in [-0.25, -0.2) is 0 Å². The second-order valence-corrected chi connectivity index (χ2v) is 17.5. The molecule has 0 saturated carbocycles. The number of esters is 5. The molecule has 0 aromatic rings. The standard InChI is InChI=1S/C50H92N2O11/c1-9-15-18-21-28-42(25-12-4)61-48(56)32-31-45(53)52(38-24-37-51(7)8)41(39-59-46(54)33-35-49(57)62-43(26-13-5)29-22-19-16-10-2)40-60-47(55)34-36-50(58)63-44(27-14-6)30-23-20-17-11-3/h41-44H,9-40H2,1-8H3. The van der Waals surface area contributed by atoms with Crippen molar-refractivity contribution >= 4 is 35.8 Å². The molecule has 368 valence electrons. The van der Waals surface area contributed by atoms with E-state index in [1.807, 2.05) is 32.8 Å². The Hall–Kier alpha value is -3.22. The van der Waals surface area contributed by atoms with Gasteiger partial charge in [-0.1, -0.05) is 119 Å². The van der Waals surface area contributed by atoms with Gasteiger partial charge in [0.25, 0.3) is 0 Å². The van der Waals surface area contributed by atoms with Gasteiger partial charge in [-0.3, -0.25) is 28.8 Å². The number of amides is 1. The first-order valence-electron chi connectivity index (χ1n) is 25.2. The minimum Gasteiger partial charge on any atom is -0.463 e. The Morgan fingerprint density at radius 1 is 0.381 bits per heavy atom. The summed E-state index contributed by atoms with van der Waals surface area (Å²) in [5, 5.41) is 0. The van der Waals surface area contributed by atoms with E-state index in [2.05, 4.69) is 27.7 Å². The van der Waals surface area contributed by atoms with Gasteiger partial charge < -0.3 is 33.5 Å². The van der Waals surface area contributed by atoms with Crippen molar-refractivity contribution in [3.63, 3.8) is 0 Å². The first-order chi connectivity index (χ1) is 30.3. The van der Waals surface area contributed by atoms with Gasteiger partial charge in [0, 0.05) is 13.0 Å². The summed E-state index contributed by atoms with van der Waals surface area (Å²) in [7, 11) is 3.84. The lowest BCUT2D eigenvalue weighted by Crippen LogP contribution is -2.47. The molecule has 0 N–H and O–H groups in total. The Morgan fingerprint density at radius 3 is 1.06 bits per heavy atom. The average molecular weight is 897 g/mol. The molecule has 63 heavy (non-hydrogen) atoms. The SMILES string of the molecule is CCCCCCC(CCC)OC(=O)CCC(=O)OCC(COC(=O)CCC(=O)OC(CCC)CCCCCC)N(CCCN(C)C)C(=O)CCC(=O)OC(CCC)CCCCCC. The van der Waals surface area contributed by atoms with E-state index in [9.17, 15) is 28.8 Å². The van der Waals surface area contributed by atoms with Gasteiger partial charge >= 0.3 is 29.8 Å². The highest BCUT2D eigenvalue weighted by atomic mass is 16.6. The molecule has 0 heterocycles. The maximum Gasteiger partial charge on any atom is 0.306 e. The zero-order valence-electron chi connectivity index (χ0n) is 41.3. The molecule has 0 radical (unpaired) electrons. The molecule has 0 fully saturated rings. The number of hydrogen-bond acceptors (Lipinski definition) is 12. The smallest absolute Gasteiger partial charge is 0.306 e. The molecule has 0 aromatic heterocycles. The maximum absolute atomic E-state index is 14.0. The van der Waals surface area contributed by atoms with Crippen LogP contribution in [0.25, 0.3) is 0 Å². The summed E-state index contributed by atoms with van der Waals surface area (Å²) in [5.74, 6) is -3.03. The predicted octanol–water partition coefficient (Wildman–Crippen LogP) is 10.6. The lowest BCUT2D eigenvalue weighted by Gasteiger charge is -2.32. The van der Waals surface area contributed by atoms with Crippen molar-refractivity contribution in [2.24, 2.45) is 0 Å². The van der Waals surface area contributed by atoms with Gasteiger partial charge in [0.15, 0.2) is 0 Å². The van der Waals surface area contributed by atoms with Crippen molar-refractivity contribution in [2.45, 2.75) is 246 Å². The molecule has 0 bridgehead atoms. The molecule has 13 heteroatoms. The summed E-state index contributed by atoms with van der Waals surface area (Å²) in [4.78, 5) is 82.2. The van der Waals surface area contributed by atoms with E-state index in [0.29, 0.717) is 13.0 Å². The zero-order chi connectivity index (χ0) is 47.1. The van der Waals surface area contributed by atoms with E-state index in [1.54, 1.807) is 0 Å². The van der Waals surface area contributed by atoms with Crippen molar-refractivity contribution in [1.82, 2.24) is 9.80 Å². The number of rotatable bonds is 42. The van der Waals surface area contributed by atoms with Crippen LogP contribution in [0.1, 0.15) is 221 Å². The summed E-state index contributed by atoms with van der Waals surface area (Å²) >= 11 is 0. The van der Waals surface area contributed by atoms with E-state index < -0.39 is 35.9 Å². The van der Waals surface area contributed by atoms with Gasteiger partial charge in [0.1, 0.15) is 31.5 Å². The van der Waals surface area contributed by atoms with Crippen molar-refractivity contribution in [3.8, 4) is 0 Å². The highest BCUT2D eigenvalue weighted by Gasteiger charge is 2.28. The average Bonchev–Trinajstić information content (AvgIpc) is 3.25. The maximum atomic E-state index is 14.0. The summed E-state index contributed by atoms with van der Waals surface area (Å²) < 4.78 is 28.6. The molecule has 13 nitrogen and oxygen atoms in total. The number of ether oxygens (including phenoxy) is 5. The van der Waals surface area contributed by atoms with Crippen LogP contribution in [0.2, 0.25) is 0 Å². The third kappa shape index (κ3) is 33.9. The first kappa shape index (κ1) is 59.8. The fraction of sp³-hybridized carbons (Fsp3) is 0.880. The van der Waals surface area contributed by atoms with Crippen molar-refractivity contribution < 1.29 is 52.5 Å². The number of carbonyl (C=O) groups excluding carboxylic acids is 6. The van der Waals surface area contributed by atoms with Crippen LogP contribution in [0.15, 0.2) is 0 Å². The van der Waals surface area contributed by atoms with Crippen molar-refractivity contribution in [1.29, 1.82) is 0 Å². The molecular formula is C50H92N2O11. The van der Waals surface area contributed by atoms with Crippen molar-refractivity contribution in [2.75, 3.05) is 40.4 Å². The van der Waals surface area contributed by atoms with Gasteiger partial charge in [0.2, 0.25) is 5.91 Å². The van der Waals surface area contributed by atoms with Crippen LogP contribution in [0.3, 0.4) is 0 Å². The fourth-order valence-corrected chi connectivity index (χ4v) is 7.46. The van der Waals surface area contributed by atoms with E-state index in [1.165, 1.54) is 4.90 Å². The molecule has 3 unspecified atom stereocenters. The summed E-state index contributed by atoms with van der Waals surface area (Å²) in [6.07, 6.45) is 19.2. The molecule has 0 aliphatic carbocycles. The molecular weight excluding hydrogens is 805 g/mol.